The molecule has 3 rings (SSSR count). The van der Waals surface area contributed by atoms with Gasteiger partial charge in [0.25, 0.3) is 5.91 Å². The smallest absolute Gasteiger partial charge is 0.264 e. The molecule has 0 bridgehead atoms. The quantitative estimate of drug-likeness (QED) is 0.850. The molecule has 4 nitrogen and oxygen atoms in total. The van der Waals surface area contributed by atoms with Crippen LogP contribution in [0.5, 0.6) is 0 Å². The molecule has 112 valence electrons. The first-order valence-corrected chi connectivity index (χ1v) is 7.76. The van der Waals surface area contributed by atoms with Gasteiger partial charge in [0.15, 0.2) is 5.17 Å². The summed E-state index contributed by atoms with van der Waals surface area (Å²) in [6.45, 7) is 5.98. The summed E-state index contributed by atoms with van der Waals surface area (Å²) in [4.78, 5) is 17.0. The number of nitrogens with zero attached hydrogens (tertiary/aromatic N) is 1. The van der Waals surface area contributed by atoms with Gasteiger partial charge in [0.1, 0.15) is 11.5 Å². The van der Waals surface area contributed by atoms with Crippen molar-refractivity contribution in [3.8, 4) is 0 Å². The second-order valence-electron chi connectivity index (χ2n) is 5.20. The van der Waals surface area contributed by atoms with Crippen molar-refractivity contribution in [3.05, 3.63) is 57.9 Å². The highest BCUT2D eigenvalue weighted by molar-refractivity contribution is 8.18. The summed E-state index contributed by atoms with van der Waals surface area (Å²) < 4.78 is 5.47. The zero-order chi connectivity index (χ0) is 15.7. The van der Waals surface area contributed by atoms with Crippen LogP contribution in [-0.4, -0.2) is 11.1 Å². The van der Waals surface area contributed by atoms with Gasteiger partial charge in [0, 0.05) is 6.08 Å². The number of nitrogens with one attached hydrogen (secondary N) is 1. The molecule has 0 atom stereocenters. The number of carbonyl (C=O) groups excluding carboxylic acids is 1. The Bertz CT molecular complexity index is 803. The summed E-state index contributed by atoms with van der Waals surface area (Å²) in [7, 11) is 0. The molecular weight excluding hydrogens is 296 g/mol. The molecule has 0 radical (unpaired) electrons. The monoisotopic (exact) mass is 312 g/mol. The van der Waals surface area contributed by atoms with Gasteiger partial charge < -0.3 is 9.73 Å². The Morgan fingerprint density at radius 2 is 1.95 bits per heavy atom. The summed E-state index contributed by atoms with van der Waals surface area (Å²) in [6.07, 6.45) is 1.73. The van der Waals surface area contributed by atoms with Gasteiger partial charge in [-0.15, -0.1) is 0 Å². The fourth-order valence-corrected chi connectivity index (χ4v) is 2.88. The first-order chi connectivity index (χ1) is 10.5. The van der Waals surface area contributed by atoms with Crippen LogP contribution in [0.2, 0.25) is 0 Å². The molecule has 2 heterocycles. The number of aryl methyl sites for hydroxylation is 3. The first kappa shape index (κ1) is 14.7. The van der Waals surface area contributed by atoms with E-state index >= 15 is 0 Å². The Morgan fingerprint density at radius 1 is 1.14 bits per heavy atom. The second-order valence-corrected chi connectivity index (χ2v) is 6.23. The van der Waals surface area contributed by atoms with Gasteiger partial charge in [-0.1, -0.05) is 6.07 Å². The van der Waals surface area contributed by atoms with Crippen molar-refractivity contribution in [1.82, 2.24) is 5.32 Å². The molecule has 1 amide bonds. The highest BCUT2D eigenvalue weighted by Gasteiger charge is 2.24. The van der Waals surface area contributed by atoms with Gasteiger partial charge in [0.05, 0.1) is 10.6 Å². The molecular formula is C17H16N2O2S. The van der Waals surface area contributed by atoms with Gasteiger partial charge in [-0.25, -0.2) is 4.99 Å². The third-order valence-electron chi connectivity index (χ3n) is 3.41. The number of hydrogen-bond acceptors (Lipinski definition) is 4. The molecule has 5 heteroatoms. The normalized spacial score (nSPS) is 18.2. The van der Waals surface area contributed by atoms with Gasteiger partial charge in [-0.2, -0.15) is 0 Å². The molecule has 1 aliphatic heterocycles. The summed E-state index contributed by atoms with van der Waals surface area (Å²) >= 11 is 1.32. The van der Waals surface area contributed by atoms with E-state index < -0.39 is 0 Å². The minimum Gasteiger partial charge on any atom is -0.462 e. The van der Waals surface area contributed by atoms with Crippen LogP contribution in [0, 0.1) is 20.8 Å². The van der Waals surface area contributed by atoms with E-state index in [2.05, 4.69) is 17.2 Å². The van der Waals surface area contributed by atoms with Gasteiger partial charge in [0.2, 0.25) is 0 Å². The van der Waals surface area contributed by atoms with Crippen molar-refractivity contribution in [2.75, 3.05) is 0 Å². The number of amidine groups is 1. The van der Waals surface area contributed by atoms with Gasteiger partial charge in [-0.3, -0.25) is 4.79 Å². The van der Waals surface area contributed by atoms with Crippen LogP contribution in [0.4, 0.5) is 5.69 Å². The fourth-order valence-electron chi connectivity index (χ4n) is 2.05. The molecule has 1 aromatic heterocycles. The van der Waals surface area contributed by atoms with Crippen molar-refractivity contribution in [2.45, 2.75) is 20.8 Å². The lowest BCUT2D eigenvalue weighted by atomic mass is 10.1. The van der Waals surface area contributed by atoms with Crippen molar-refractivity contribution in [1.29, 1.82) is 0 Å². The van der Waals surface area contributed by atoms with Crippen LogP contribution in [0.15, 0.2) is 44.6 Å². The molecule has 1 N–H and O–H groups in total. The van der Waals surface area contributed by atoms with Gasteiger partial charge >= 0.3 is 0 Å². The lowest BCUT2D eigenvalue weighted by Crippen LogP contribution is -2.19. The van der Waals surface area contributed by atoms with E-state index in [-0.39, 0.29) is 5.91 Å². The Balaban J connectivity index is 1.83. The van der Waals surface area contributed by atoms with E-state index in [9.17, 15) is 4.79 Å². The zero-order valence-corrected chi connectivity index (χ0v) is 13.5. The molecule has 1 saturated heterocycles. The van der Waals surface area contributed by atoms with E-state index in [0.29, 0.717) is 15.8 Å². The van der Waals surface area contributed by atoms with Crippen molar-refractivity contribution >= 4 is 34.6 Å². The number of rotatable bonds is 2. The molecule has 0 saturated carbocycles. The van der Waals surface area contributed by atoms with Crippen LogP contribution < -0.4 is 5.32 Å². The van der Waals surface area contributed by atoms with E-state index in [4.69, 9.17) is 4.42 Å². The van der Waals surface area contributed by atoms with Gasteiger partial charge in [-0.05, 0) is 67.9 Å². The topological polar surface area (TPSA) is 54.6 Å². The van der Waals surface area contributed by atoms with Crippen LogP contribution >= 0.6 is 11.8 Å². The lowest BCUT2D eigenvalue weighted by molar-refractivity contribution is -0.115. The molecule has 0 aliphatic carbocycles. The molecule has 0 spiro atoms. The average Bonchev–Trinajstić information content (AvgIpc) is 3.01. The highest BCUT2D eigenvalue weighted by atomic mass is 32.2. The fraction of sp³-hybridized carbons (Fsp3) is 0.176. The number of benzene rings is 1. The van der Waals surface area contributed by atoms with Crippen molar-refractivity contribution < 1.29 is 9.21 Å². The Morgan fingerprint density at radius 3 is 2.64 bits per heavy atom. The maximum absolute atomic E-state index is 12.0. The third-order valence-corrected chi connectivity index (χ3v) is 4.32. The third kappa shape index (κ3) is 3.14. The maximum Gasteiger partial charge on any atom is 0.264 e. The maximum atomic E-state index is 12.0. The summed E-state index contributed by atoms with van der Waals surface area (Å²) in [6, 6.07) is 9.69. The molecule has 0 unspecified atom stereocenters. The summed E-state index contributed by atoms with van der Waals surface area (Å²) in [5.41, 5.74) is 3.24. The second kappa shape index (κ2) is 5.85. The van der Waals surface area contributed by atoms with E-state index in [0.717, 1.165) is 11.4 Å². The SMILES string of the molecule is Cc1ccc(/C=C2\SC(=Nc3ccc(C)c(C)c3)NC2=O)o1. The van der Waals surface area contributed by atoms with E-state index in [1.165, 1.54) is 22.9 Å². The molecule has 1 aromatic carbocycles. The van der Waals surface area contributed by atoms with Crippen molar-refractivity contribution in [2.24, 2.45) is 4.99 Å². The van der Waals surface area contributed by atoms with Crippen LogP contribution in [0.3, 0.4) is 0 Å². The van der Waals surface area contributed by atoms with Crippen LogP contribution in [0.1, 0.15) is 22.6 Å². The Labute approximate surface area is 133 Å². The number of aliphatic imine (C=N–C) groups is 1. The largest absolute Gasteiger partial charge is 0.462 e. The predicted octanol–water partition coefficient (Wildman–Crippen LogP) is 4.10. The molecule has 2 aromatic rings. The number of thioether (sulfide) groups is 1. The highest BCUT2D eigenvalue weighted by Crippen LogP contribution is 2.28. The lowest BCUT2D eigenvalue weighted by Gasteiger charge is -2.01. The van der Waals surface area contributed by atoms with E-state index in [1.54, 1.807) is 6.08 Å². The Kier molecular flexibility index (Phi) is 3.90. The minimum absolute atomic E-state index is 0.151. The first-order valence-electron chi connectivity index (χ1n) is 6.94. The van der Waals surface area contributed by atoms with Crippen LogP contribution in [0.25, 0.3) is 6.08 Å². The number of hydrogen-bond donors (Lipinski definition) is 1. The Hall–Kier alpha value is -2.27. The number of carbonyl (C=O) groups is 1. The predicted molar refractivity (Wildman–Crippen MR) is 90.2 cm³/mol. The average molecular weight is 312 g/mol. The summed E-state index contributed by atoms with van der Waals surface area (Å²) in [5, 5.41) is 3.36. The number of amides is 1. The van der Waals surface area contributed by atoms with Crippen molar-refractivity contribution in [3.63, 3.8) is 0 Å². The minimum atomic E-state index is -0.151. The molecule has 22 heavy (non-hydrogen) atoms. The van der Waals surface area contributed by atoms with E-state index in [1.807, 2.05) is 44.2 Å². The molecule has 1 fully saturated rings. The standard InChI is InChI=1S/C17H16N2O2S/c1-10-4-6-13(8-11(10)2)18-17-19-16(20)15(22-17)9-14-7-5-12(3)21-14/h4-9H,1-3H3,(H,18,19,20)/b15-9-. The number of furan rings is 1. The van der Waals surface area contributed by atoms with Crippen LogP contribution in [-0.2, 0) is 4.79 Å². The molecule has 1 aliphatic rings. The summed E-state index contributed by atoms with van der Waals surface area (Å²) in [5.74, 6) is 1.34. The zero-order valence-electron chi connectivity index (χ0n) is 12.6.